The summed E-state index contributed by atoms with van der Waals surface area (Å²) >= 11 is 9.28. The second-order valence-corrected chi connectivity index (χ2v) is 11.9. The Bertz CT molecular complexity index is 1750. The van der Waals surface area contributed by atoms with Gasteiger partial charge in [0.15, 0.2) is 0 Å². The third-order valence-corrected chi connectivity index (χ3v) is 9.45. The van der Waals surface area contributed by atoms with Crippen molar-refractivity contribution in [3.63, 3.8) is 0 Å². The third-order valence-electron chi connectivity index (χ3n) is 6.59. The number of rotatable bonds is 5. The standard InChI is InChI=1S/C29H20ClNO5S2/c1-16(19-6-2-4-8-21(19)30)35-28(34)31-25-20-7-3-5-9-22(20)36-23(25)11-10-18-14-17-15-24(38-26(17)37-18)29(12-13-29)27(32)33/h2-9,14-16H,12-13H2,1H3,(H,31,34)(H,32,33). The van der Waals surface area contributed by atoms with Crippen LogP contribution in [0.3, 0.4) is 0 Å². The fourth-order valence-corrected chi connectivity index (χ4v) is 7.19. The van der Waals surface area contributed by atoms with Crippen LogP contribution in [0.25, 0.3) is 20.4 Å². The maximum atomic E-state index is 12.8. The van der Waals surface area contributed by atoms with Crippen LogP contribution >= 0.6 is 34.3 Å². The third kappa shape index (κ3) is 4.43. The molecule has 0 bridgehead atoms. The van der Waals surface area contributed by atoms with Gasteiger partial charge in [-0.15, -0.1) is 22.7 Å². The van der Waals surface area contributed by atoms with Gasteiger partial charge in [0.1, 0.15) is 22.8 Å². The van der Waals surface area contributed by atoms with Gasteiger partial charge in [-0.3, -0.25) is 10.1 Å². The van der Waals surface area contributed by atoms with Crippen LogP contribution in [0, 0.1) is 11.8 Å². The highest BCUT2D eigenvalue weighted by molar-refractivity contribution is 7.38. The van der Waals surface area contributed by atoms with Gasteiger partial charge in [-0.1, -0.05) is 41.9 Å². The smallest absolute Gasteiger partial charge is 0.412 e. The van der Waals surface area contributed by atoms with E-state index in [1.807, 2.05) is 54.6 Å². The van der Waals surface area contributed by atoms with Crippen LogP contribution in [0.4, 0.5) is 10.5 Å². The van der Waals surface area contributed by atoms with E-state index >= 15 is 0 Å². The number of ether oxygens (including phenoxy) is 1. The van der Waals surface area contributed by atoms with Crippen molar-refractivity contribution in [1.29, 1.82) is 0 Å². The summed E-state index contributed by atoms with van der Waals surface area (Å²) in [4.78, 5) is 26.2. The van der Waals surface area contributed by atoms with Gasteiger partial charge in [0.05, 0.1) is 8.89 Å². The topological polar surface area (TPSA) is 88.8 Å². The summed E-state index contributed by atoms with van der Waals surface area (Å²) < 4.78 is 12.6. The molecule has 1 unspecified atom stereocenters. The summed E-state index contributed by atoms with van der Waals surface area (Å²) in [6.07, 6.45) is 0.161. The summed E-state index contributed by atoms with van der Waals surface area (Å²) in [5.74, 6) is 5.75. The van der Waals surface area contributed by atoms with Crippen LogP contribution in [0.2, 0.25) is 5.02 Å². The van der Waals surface area contributed by atoms with Gasteiger partial charge in [0.25, 0.3) is 0 Å². The van der Waals surface area contributed by atoms with E-state index in [0.717, 1.165) is 19.2 Å². The molecule has 3 aromatic heterocycles. The van der Waals surface area contributed by atoms with E-state index in [1.54, 1.807) is 13.0 Å². The zero-order valence-electron chi connectivity index (χ0n) is 20.0. The molecule has 1 atom stereocenters. The average Bonchev–Trinajstić information content (AvgIpc) is 3.32. The molecule has 1 saturated carbocycles. The highest BCUT2D eigenvalue weighted by Crippen LogP contribution is 2.52. The molecule has 2 N–H and O–H groups in total. The Balaban J connectivity index is 1.26. The molecule has 190 valence electrons. The second kappa shape index (κ2) is 9.52. The van der Waals surface area contributed by atoms with Gasteiger partial charge >= 0.3 is 12.1 Å². The minimum Gasteiger partial charge on any atom is -0.481 e. The molecule has 0 aliphatic heterocycles. The Morgan fingerprint density at radius 3 is 2.61 bits per heavy atom. The highest BCUT2D eigenvalue weighted by Gasteiger charge is 2.53. The van der Waals surface area contributed by atoms with E-state index in [9.17, 15) is 14.7 Å². The Kier molecular flexibility index (Phi) is 6.15. The number of halogens is 1. The van der Waals surface area contributed by atoms with Crippen LogP contribution in [0.1, 0.15) is 46.9 Å². The molecule has 2 aromatic carbocycles. The number of nitrogens with one attached hydrogen (secondary N) is 1. The summed E-state index contributed by atoms with van der Waals surface area (Å²) in [7, 11) is 0. The zero-order chi connectivity index (χ0) is 26.4. The number of benzene rings is 2. The SMILES string of the molecule is CC(OC(=O)Nc1c(C#Cc2cc3cc(C4(C(=O)O)CC4)sc3s2)oc2ccccc12)c1ccccc1Cl. The van der Waals surface area contributed by atoms with Crippen molar-refractivity contribution in [3.05, 3.63) is 86.8 Å². The maximum Gasteiger partial charge on any atom is 0.412 e. The van der Waals surface area contributed by atoms with Crippen LogP contribution in [0.5, 0.6) is 0 Å². The lowest BCUT2D eigenvalue weighted by Crippen LogP contribution is -2.17. The molecule has 38 heavy (non-hydrogen) atoms. The summed E-state index contributed by atoms with van der Waals surface area (Å²) in [5.41, 5.74) is 1.02. The molecule has 3 heterocycles. The fraction of sp³-hybridized carbons (Fsp3) is 0.172. The Morgan fingerprint density at radius 2 is 1.87 bits per heavy atom. The van der Waals surface area contributed by atoms with Gasteiger partial charge in [-0.05, 0) is 61.9 Å². The number of anilines is 1. The Morgan fingerprint density at radius 1 is 1.11 bits per heavy atom. The molecule has 0 saturated heterocycles. The maximum absolute atomic E-state index is 12.8. The molecule has 0 radical (unpaired) electrons. The van der Waals surface area contributed by atoms with E-state index in [-0.39, 0.29) is 0 Å². The van der Waals surface area contributed by atoms with Crippen molar-refractivity contribution in [1.82, 2.24) is 0 Å². The molecule has 1 aliphatic rings. The van der Waals surface area contributed by atoms with E-state index in [0.29, 0.717) is 45.8 Å². The first-order valence-electron chi connectivity index (χ1n) is 11.9. The Hall–Kier alpha value is -3.77. The lowest BCUT2D eigenvalue weighted by molar-refractivity contribution is -0.139. The lowest BCUT2D eigenvalue weighted by Gasteiger charge is -2.15. The number of furan rings is 1. The molecular formula is C29H20ClNO5S2. The number of carboxylic acids is 1. The number of aliphatic carboxylic acids is 1. The number of hydrogen-bond donors (Lipinski definition) is 2. The van der Waals surface area contributed by atoms with Gasteiger partial charge in [0, 0.05) is 26.2 Å². The van der Waals surface area contributed by atoms with E-state index in [2.05, 4.69) is 17.2 Å². The van der Waals surface area contributed by atoms with E-state index in [1.165, 1.54) is 22.7 Å². The van der Waals surface area contributed by atoms with Crippen molar-refractivity contribution in [2.75, 3.05) is 5.32 Å². The molecule has 1 amide bonds. The number of carbonyl (C=O) groups is 2. The van der Waals surface area contributed by atoms with Crippen LogP contribution in [0.15, 0.2) is 65.1 Å². The van der Waals surface area contributed by atoms with E-state index in [4.69, 9.17) is 20.8 Å². The fourth-order valence-electron chi connectivity index (χ4n) is 4.36. The number of amides is 1. The molecular weight excluding hydrogens is 542 g/mol. The first-order chi connectivity index (χ1) is 18.3. The summed E-state index contributed by atoms with van der Waals surface area (Å²) in [5, 5.41) is 14.6. The van der Waals surface area contributed by atoms with Crippen LogP contribution < -0.4 is 5.32 Å². The number of carboxylic acid groups (broad SMARTS) is 1. The molecule has 9 heteroatoms. The molecule has 1 aliphatic carbocycles. The van der Waals surface area contributed by atoms with Crippen LogP contribution in [-0.4, -0.2) is 17.2 Å². The minimum absolute atomic E-state index is 0.314. The van der Waals surface area contributed by atoms with Gasteiger partial charge in [-0.25, -0.2) is 4.79 Å². The first kappa shape index (κ1) is 24.6. The van der Waals surface area contributed by atoms with Gasteiger partial charge in [-0.2, -0.15) is 0 Å². The monoisotopic (exact) mass is 561 g/mol. The summed E-state index contributed by atoms with van der Waals surface area (Å²) in [6.45, 7) is 1.75. The molecule has 5 aromatic rings. The number of para-hydroxylation sites is 1. The Labute approximate surface area is 230 Å². The first-order valence-corrected chi connectivity index (χ1v) is 13.9. The summed E-state index contributed by atoms with van der Waals surface area (Å²) in [6, 6.07) is 18.5. The molecule has 6 rings (SSSR count). The lowest BCUT2D eigenvalue weighted by atomic mass is 10.1. The molecule has 0 spiro atoms. The number of hydrogen-bond acceptors (Lipinski definition) is 6. The van der Waals surface area contributed by atoms with Gasteiger partial charge < -0.3 is 14.3 Å². The zero-order valence-corrected chi connectivity index (χ0v) is 22.4. The van der Waals surface area contributed by atoms with Crippen LogP contribution in [-0.2, 0) is 14.9 Å². The van der Waals surface area contributed by atoms with Gasteiger partial charge in [0.2, 0.25) is 5.76 Å². The number of thiophene rings is 2. The van der Waals surface area contributed by atoms with Crippen molar-refractivity contribution < 1.29 is 23.8 Å². The van der Waals surface area contributed by atoms with Crippen molar-refractivity contribution >= 4 is 72.4 Å². The van der Waals surface area contributed by atoms with Crippen molar-refractivity contribution in [2.45, 2.75) is 31.3 Å². The van der Waals surface area contributed by atoms with Crippen molar-refractivity contribution in [2.24, 2.45) is 0 Å². The highest BCUT2D eigenvalue weighted by atomic mass is 35.5. The number of fused-ring (bicyclic) bond motifs is 2. The predicted octanol–water partition coefficient (Wildman–Crippen LogP) is 8.19. The normalized spacial score (nSPS) is 14.6. The average molecular weight is 562 g/mol. The van der Waals surface area contributed by atoms with Crippen molar-refractivity contribution in [3.8, 4) is 11.8 Å². The largest absolute Gasteiger partial charge is 0.481 e. The second-order valence-electron chi connectivity index (χ2n) is 9.10. The minimum atomic E-state index is -0.754. The molecule has 1 fully saturated rings. The quantitative estimate of drug-likeness (QED) is 0.211. The predicted molar refractivity (Wildman–Crippen MR) is 150 cm³/mol. The number of carbonyl (C=O) groups excluding carboxylic acids is 1. The molecule has 6 nitrogen and oxygen atoms in total. The van der Waals surface area contributed by atoms with E-state index < -0.39 is 23.6 Å².